The summed E-state index contributed by atoms with van der Waals surface area (Å²) in [5.41, 5.74) is 7.32. The summed E-state index contributed by atoms with van der Waals surface area (Å²) in [5.74, 6) is -3.38. The molecule has 14 nitrogen and oxygen atoms in total. The first-order valence-electron chi connectivity index (χ1n) is 20.0. The van der Waals surface area contributed by atoms with E-state index >= 15 is 0 Å². The number of nitrogens with one attached hydrogen (secondary N) is 2. The van der Waals surface area contributed by atoms with Crippen molar-refractivity contribution in [1.29, 1.82) is 0 Å². The number of allylic oxidation sites excluding steroid dienone is 1. The average Bonchev–Trinajstić information content (AvgIpc) is 3.65. The normalized spacial score (nSPS) is 18.6. The lowest BCUT2D eigenvalue weighted by Gasteiger charge is -2.39. The van der Waals surface area contributed by atoms with Gasteiger partial charge in [0.05, 0.1) is 42.7 Å². The number of hydrogen-bond donors (Lipinski definition) is 4. The van der Waals surface area contributed by atoms with E-state index in [4.69, 9.17) is 15.2 Å². The number of rotatable bonds is 23. The molecule has 0 bridgehead atoms. The number of aliphatic carboxylic acids is 1. The van der Waals surface area contributed by atoms with Gasteiger partial charge in [0.2, 0.25) is 23.6 Å². The molecule has 0 radical (unpaired) electrons. The van der Waals surface area contributed by atoms with Crippen molar-refractivity contribution in [1.82, 2.24) is 25.3 Å². The number of carboxylic acid groups (broad SMARTS) is 1. The van der Waals surface area contributed by atoms with Gasteiger partial charge in [-0.1, -0.05) is 76.6 Å². The molecule has 1 aliphatic rings. The zero-order chi connectivity index (χ0) is 42.3. The van der Waals surface area contributed by atoms with Gasteiger partial charge in [-0.3, -0.25) is 24.1 Å². The molecular weight excluding hydrogens is 716 g/mol. The minimum atomic E-state index is -1.14. The van der Waals surface area contributed by atoms with E-state index in [2.05, 4.69) is 10.6 Å². The van der Waals surface area contributed by atoms with Gasteiger partial charge >= 0.3 is 5.97 Å². The third kappa shape index (κ3) is 13.1. The van der Waals surface area contributed by atoms with Crippen LogP contribution in [0.4, 0.5) is 0 Å². The molecule has 1 aliphatic heterocycles. The lowest BCUT2D eigenvalue weighted by molar-refractivity contribution is -0.146. The number of benzene rings is 1. The number of carboxylic acids is 1. The van der Waals surface area contributed by atoms with Crippen molar-refractivity contribution in [3.63, 3.8) is 0 Å². The molecule has 0 saturated carbocycles. The number of methoxy groups -OCH3 is 2. The third-order valence-electron chi connectivity index (χ3n) is 11.1. The fourth-order valence-electron chi connectivity index (χ4n) is 7.87. The summed E-state index contributed by atoms with van der Waals surface area (Å²) >= 11 is 0. The summed E-state index contributed by atoms with van der Waals surface area (Å²) in [6.45, 7) is 14.8. The van der Waals surface area contributed by atoms with E-state index in [0.717, 1.165) is 17.6 Å². The van der Waals surface area contributed by atoms with Gasteiger partial charge in [-0.2, -0.15) is 0 Å². The second-order valence-corrected chi connectivity index (χ2v) is 15.8. The Morgan fingerprint density at radius 1 is 0.964 bits per heavy atom. The molecule has 0 unspecified atom stereocenters. The van der Waals surface area contributed by atoms with Gasteiger partial charge in [-0.25, -0.2) is 4.79 Å². The highest BCUT2D eigenvalue weighted by Gasteiger charge is 2.43. The molecule has 0 aliphatic carbocycles. The number of hydrogen-bond acceptors (Lipinski definition) is 9. The lowest BCUT2D eigenvalue weighted by Crippen LogP contribution is -2.59. The van der Waals surface area contributed by atoms with Crippen molar-refractivity contribution < 1.29 is 38.6 Å². The molecule has 316 valence electrons. The van der Waals surface area contributed by atoms with Crippen molar-refractivity contribution in [3.8, 4) is 0 Å². The second-order valence-electron chi connectivity index (χ2n) is 15.8. The summed E-state index contributed by atoms with van der Waals surface area (Å²) in [6, 6.07) is 5.59. The zero-order valence-electron chi connectivity index (χ0n) is 35.6. The molecule has 1 saturated heterocycles. The van der Waals surface area contributed by atoms with Crippen LogP contribution in [0.15, 0.2) is 42.0 Å². The standard InChI is InChI=1S/C42H70N6O8/c1-12-28(6)37(47(9)41(52)35(26(2)3)45-40(51)36(27(4)5)46(8)22-17-21-43)33(55-10)25-34(49)48-23-16-20-32(48)38(56-11)29(7)39(50)44-31(42(53)54)24-30-18-14-13-15-19-30/h12-15,18-19,26-27,29,31-33,35-38H,16-17,20-25,43H2,1-11H3,(H,44,50)(H,45,51)(H,53,54)/b28-12-/t29-,31+,32+,33-,35+,36+,37+,38-/m1/s1. The number of nitrogens with zero attached hydrogens (tertiary/aromatic N) is 3. The molecule has 1 heterocycles. The van der Waals surface area contributed by atoms with Crippen molar-refractivity contribution in [2.24, 2.45) is 23.5 Å². The second kappa shape index (κ2) is 23.4. The number of ether oxygens (including phenoxy) is 2. The Kier molecular flexibility index (Phi) is 20.2. The molecule has 5 N–H and O–H groups in total. The van der Waals surface area contributed by atoms with Crippen LogP contribution in [0.2, 0.25) is 0 Å². The van der Waals surface area contributed by atoms with Gasteiger partial charge in [-0.05, 0) is 70.6 Å². The van der Waals surface area contributed by atoms with Crippen LogP contribution in [-0.4, -0.2) is 140 Å². The van der Waals surface area contributed by atoms with Crippen LogP contribution in [0.1, 0.15) is 79.7 Å². The Balaban J connectivity index is 2.29. The van der Waals surface area contributed by atoms with Crippen LogP contribution in [0.25, 0.3) is 0 Å². The number of carbonyl (C=O) groups is 5. The van der Waals surface area contributed by atoms with Crippen molar-refractivity contribution in [2.75, 3.05) is 47.9 Å². The highest BCUT2D eigenvalue weighted by atomic mass is 16.5. The molecule has 1 aromatic rings. The molecule has 1 aromatic carbocycles. The van der Waals surface area contributed by atoms with Crippen LogP contribution in [0.3, 0.4) is 0 Å². The predicted molar refractivity (Wildman–Crippen MR) is 218 cm³/mol. The molecule has 0 spiro atoms. The third-order valence-corrected chi connectivity index (χ3v) is 11.1. The van der Waals surface area contributed by atoms with Crippen LogP contribution in [-0.2, 0) is 39.9 Å². The monoisotopic (exact) mass is 787 g/mol. The first-order valence-corrected chi connectivity index (χ1v) is 20.0. The Morgan fingerprint density at radius 3 is 2.12 bits per heavy atom. The molecule has 14 heteroatoms. The Hall–Kier alpha value is -3.85. The van der Waals surface area contributed by atoms with Crippen molar-refractivity contribution >= 4 is 29.6 Å². The maximum Gasteiger partial charge on any atom is 0.326 e. The number of likely N-dealkylation sites (N-methyl/N-ethyl adjacent to an activating group) is 2. The van der Waals surface area contributed by atoms with Gasteiger partial charge in [0.15, 0.2) is 0 Å². The molecule has 2 rings (SSSR count). The highest BCUT2D eigenvalue weighted by Crippen LogP contribution is 2.29. The van der Waals surface area contributed by atoms with Crippen LogP contribution < -0.4 is 16.4 Å². The summed E-state index contributed by atoms with van der Waals surface area (Å²) in [6.07, 6.45) is 2.54. The first-order chi connectivity index (χ1) is 26.4. The Bertz CT molecular complexity index is 1460. The smallest absolute Gasteiger partial charge is 0.326 e. The van der Waals surface area contributed by atoms with Gasteiger partial charge in [-0.15, -0.1) is 0 Å². The van der Waals surface area contributed by atoms with E-state index in [9.17, 15) is 29.1 Å². The van der Waals surface area contributed by atoms with Gasteiger partial charge in [0, 0.05) is 34.2 Å². The summed E-state index contributed by atoms with van der Waals surface area (Å²) in [5, 5.41) is 15.6. The topological polar surface area (TPSA) is 184 Å². The minimum absolute atomic E-state index is 0.00823. The van der Waals surface area contributed by atoms with E-state index in [-0.39, 0.29) is 42.4 Å². The van der Waals surface area contributed by atoms with Crippen LogP contribution in [0, 0.1) is 17.8 Å². The maximum atomic E-state index is 14.3. The molecular formula is C42H70N6O8. The Morgan fingerprint density at radius 2 is 1.61 bits per heavy atom. The summed E-state index contributed by atoms with van der Waals surface area (Å²) < 4.78 is 11.9. The quantitative estimate of drug-likeness (QED) is 0.120. The first kappa shape index (κ1) is 48.3. The van der Waals surface area contributed by atoms with E-state index in [0.29, 0.717) is 32.5 Å². The van der Waals surface area contributed by atoms with Gasteiger partial charge in [0.1, 0.15) is 12.1 Å². The van der Waals surface area contributed by atoms with E-state index in [1.54, 1.807) is 23.8 Å². The number of nitrogens with two attached hydrogens (primary N) is 1. The maximum absolute atomic E-state index is 14.3. The summed E-state index contributed by atoms with van der Waals surface area (Å²) in [7, 11) is 6.57. The largest absolute Gasteiger partial charge is 0.480 e. The van der Waals surface area contributed by atoms with E-state index in [1.807, 2.05) is 89.9 Å². The average molecular weight is 787 g/mol. The fraction of sp³-hybridized carbons (Fsp3) is 0.690. The van der Waals surface area contributed by atoms with Gasteiger partial charge in [0.25, 0.3) is 0 Å². The number of carbonyl (C=O) groups excluding carboxylic acids is 4. The van der Waals surface area contributed by atoms with Crippen molar-refractivity contribution in [2.45, 2.75) is 123 Å². The molecule has 1 fully saturated rings. The summed E-state index contributed by atoms with van der Waals surface area (Å²) in [4.78, 5) is 73.1. The van der Waals surface area contributed by atoms with E-state index < -0.39 is 60.2 Å². The highest BCUT2D eigenvalue weighted by molar-refractivity contribution is 5.90. The molecule has 4 amide bonds. The van der Waals surface area contributed by atoms with Crippen molar-refractivity contribution in [3.05, 3.63) is 47.5 Å². The van der Waals surface area contributed by atoms with Crippen LogP contribution in [0.5, 0.6) is 0 Å². The molecule has 56 heavy (non-hydrogen) atoms. The van der Waals surface area contributed by atoms with Crippen LogP contribution >= 0.6 is 0 Å². The predicted octanol–water partition coefficient (Wildman–Crippen LogP) is 3.08. The number of likely N-dealkylation sites (tertiary alicyclic amines) is 1. The van der Waals surface area contributed by atoms with Gasteiger partial charge < -0.3 is 40.7 Å². The Labute approximate surface area is 334 Å². The minimum Gasteiger partial charge on any atom is -0.480 e. The molecule has 8 atom stereocenters. The number of amides is 4. The zero-order valence-corrected chi connectivity index (χ0v) is 35.6. The molecule has 0 aromatic heterocycles. The lowest BCUT2D eigenvalue weighted by atomic mass is 9.93. The SMILES string of the molecule is C/C=C(/C)[C@@H]([C@@H](CC(=O)N1CCC[C@H]1[C@H](OC)[C@@H](C)C(=O)N[C@@H](Cc1ccccc1)C(=O)O)OC)N(C)C(=O)[C@@H](NC(=O)[C@H](C(C)C)N(C)CCCN)C(C)C. The fourth-order valence-corrected chi connectivity index (χ4v) is 7.87. The van der Waals surface area contributed by atoms with E-state index in [1.165, 1.54) is 14.2 Å².